The minimum Gasteiger partial charge on any atom is -0.381 e. The van der Waals surface area contributed by atoms with Gasteiger partial charge in [0.2, 0.25) is 0 Å². The first-order valence-electron chi connectivity index (χ1n) is 8.29. The summed E-state index contributed by atoms with van der Waals surface area (Å²) in [4.78, 5) is 2.38. The van der Waals surface area contributed by atoms with Crippen LogP contribution >= 0.6 is 0 Å². The van der Waals surface area contributed by atoms with Crippen molar-refractivity contribution in [3.05, 3.63) is 35.4 Å². The number of ether oxygens (including phenoxy) is 1. The lowest BCUT2D eigenvalue weighted by Crippen LogP contribution is -2.34. The van der Waals surface area contributed by atoms with E-state index in [1.54, 1.807) is 0 Å². The molecule has 2 rings (SSSR count). The monoisotopic (exact) mass is 290 g/mol. The lowest BCUT2D eigenvalue weighted by molar-refractivity contribution is 0.0551. The summed E-state index contributed by atoms with van der Waals surface area (Å²) in [6.45, 7) is 6.10. The molecule has 1 aliphatic heterocycles. The Morgan fingerprint density at radius 1 is 1.24 bits per heavy atom. The average Bonchev–Trinajstić information content (AvgIpc) is 2.49. The molecule has 1 fully saturated rings. The maximum absolute atomic E-state index is 6.36. The normalized spacial score (nSPS) is 18.1. The topological polar surface area (TPSA) is 38.5 Å². The number of benzene rings is 1. The molecule has 1 heterocycles. The van der Waals surface area contributed by atoms with Gasteiger partial charge in [0.25, 0.3) is 0 Å². The van der Waals surface area contributed by atoms with Crippen LogP contribution in [0.3, 0.4) is 0 Å². The first-order valence-corrected chi connectivity index (χ1v) is 8.29. The van der Waals surface area contributed by atoms with E-state index in [0.717, 1.165) is 38.6 Å². The van der Waals surface area contributed by atoms with Gasteiger partial charge in [0.15, 0.2) is 0 Å². The highest BCUT2D eigenvalue weighted by atomic mass is 16.5. The van der Waals surface area contributed by atoms with Crippen LogP contribution in [0.1, 0.15) is 43.4 Å². The van der Waals surface area contributed by atoms with Gasteiger partial charge in [-0.05, 0) is 43.4 Å². The minimum atomic E-state index is 0.102. The van der Waals surface area contributed by atoms with Crippen LogP contribution < -0.4 is 5.73 Å². The van der Waals surface area contributed by atoms with Gasteiger partial charge in [-0.2, -0.15) is 0 Å². The first-order chi connectivity index (χ1) is 10.2. The third-order valence-electron chi connectivity index (χ3n) is 4.37. The van der Waals surface area contributed by atoms with E-state index in [2.05, 4.69) is 43.1 Å². The van der Waals surface area contributed by atoms with Crippen LogP contribution in [0.2, 0.25) is 0 Å². The van der Waals surface area contributed by atoms with Crippen molar-refractivity contribution < 1.29 is 4.74 Å². The second kappa shape index (κ2) is 8.52. The lowest BCUT2D eigenvalue weighted by Gasteiger charge is -2.28. The molecule has 1 unspecified atom stereocenters. The Morgan fingerprint density at radius 2 is 1.90 bits per heavy atom. The molecule has 0 amide bonds. The summed E-state index contributed by atoms with van der Waals surface area (Å²) < 4.78 is 5.42. The highest BCUT2D eigenvalue weighted by molar-refractivity contribution is 5.25. The van der Waals surface area contributed by atoms with Gasteiger partial charge in [0, 0.05) is 32.3 Å². The van der Waals surface area contributed by atoms with Gasteiger partial charge in [-0.25, -0.2) is 0 Å². The molecule has 0 saturated carbocycles. The summed E-state index contributed by atoms with van der Waals surface area (Å²) in [6, 6.07) is 8.93. The van der Waals surface area contributed by atoms with Gasteiger partial charge in [-0.15, -0.1) is 0 Å². The van der Waals surface area contributed by atoms with E-state index < -0.39 is 0 Å². The van der Waals surface area contributed by atoms with E-state index in [9.17, 15) is 0 Å². The Hall–Kier alpha value is -0.900. The van der Waals surface area contributed by atoms with E-state index in [1.807, 2.05) is 0 Å². The molecule has 1 saturated heterocycles. The number of aryl methyl sites for hydroxylation is 1. The Kier molecular flexibility index (Phi) is 6.68. The molecule has 1 aliphatic rings. The van der Waals surface area contributed by atoms with Crippen molar-refractivity contribution in [1.29, 1.82) is 0 Å². The molecule has 0 spiro atoms. The standard InChI is InChI=1S/C18H30N2O/c1-3-4-15-5-7-17(8-6-15)18(19)14-20(2)13-16-9-11-21-12-10-16/h5-8,16,18H,3-4,9-14,19H2,1-2H3. The molecule has 1 aromatic carbocycles. The van der Waals surface area contributed by atoms with Crippen molar-refractivity contribution in [2.24, 2.45) is 11.7 Å². The van der Waals surface area contributed by atoms with Gasteiger partial charge in [-0.3, -0.25) is 0 Å². The fourth-order valence-corrected chi connectivity index (χ4v) is 3.11. The third-order valence-corrected chi connectivity index (χ3v) is 4.37. The minimum absolute atomic E-state index is 0.102. The maximum atomic E-state index is 6.36. The molecular formula is C18H30N2O. The summed E-state index contributed by atoms with van der Waals surface area (Å²) >= 11 is 0. The SMILES string of the molecule is CCCc1ccc(C(N)CN(C)CC2CCOCC2)cc1. The van der Waals surface area contributed by atoms with E-state index in [1.165, 1.54) is 30.4 Å². The molecule has 1 aromatic rings. The summed E-state index contributed by atoms with van der Waals surface area (Å²) in [7, 11) is 2.18. The molecule has 0 aliphatic carbocycles. The van der Waals surface area contributed by atoms with Crippen molar-refractivity contribution >= 4 is 0 Å². The van der Waals surface area contributed by atoms with E-state index in [4.69, 9.17) is 10.5 Å². The van der Waals surface area contributed by atoms with E-state index >= 15 is 0 Å². The quantitative estimate of drug-likeness (QED) is 0.839. The maximum Gasteiger partial charge on any atom is 0.0469 e. The summed E-state index contributed by atoms with van der Waals surface area (Å²) in [5, 5.41) is 0. The Morgan fingerprint density at radius 3 is 2.52 bits per heavy atom. The molecule has 118 valence electrons. The largest absolute Gasteiger partial charge is 0.381 e. The fraction of sp³-hybridized carbons (Fsp3) is 0.667. The zero-order valence-corrected chi connectivity index (χ0v) is 13.6. The van der Waals surface area contributed by atoms with Gasteiger partial charge in [-0.1, -0.05) is 37.6 Å². The van der Waals surface area contributed by atoms with Crippen molar-refractivity contribution in [3.63, 3.8) is 0 Å². The number of nitrogens with zero attached hydrogens (tertiary/aromatic N) is 1. The Balaban J connectivity index is 1.80. The summed E-state index contributed by atoms with van der Waals surface area (Å²) in [5.74, 6) is 0.767. The Bertz CT molecular complexity index is 398. The predicted molar refractivity (Wildman–Crippen MR) is 88.4 cm³/mol. The van der Waals surface area contributed by atoms with E-state index in [0.29, 0.717) is 0 Å². The van der Waals surface area contributed by atoms with Crippen LogP contribution in [0.15, 0.2) is 24.3 Å². The summed E-state index contributed by atoms with van der Waals surface area (Å²) in [6.07, 6.45) is 4.72. The number of nitrogens with two attached hydrogens (primary N) is 1. The second-order valence-corrected chi connectivity index (χ2v) is 6.38. The van der Waals surface area contributed by atoms with Crippen LogP contribution in [0.5, 0.6) is 0 Å². The highest BCUT2D eigenvalue weighted by Gasteiger charge is 2.17. The number of hydrogen-bond donors (Lipinski definition) is 1. The first kappa shape index (κ1) is 16.5. The van der Waals surface area contributed by atoms with Crippen molar-refractivity contribution in [2.75, 3.05) is 33.4 Å². The van der Waals surface area contributed by atoms with Crippen LogP contribution in [0, 0.1) is 5.92 Å². The molecule has 0 aromatic heterocycles. The van der Waals surface area contributed by atoms with Crippen LogP contribution in [0.4, 0.5) is 0 Å². The highest BCUT2D eigenvalue weighted by Crippen LogP contribution is 2.18. The number of rotatable bonds is 7. The second-order valence-electron chi connectivity index (χ2n) is 6.38. The van der Waals surface area contributed by atoms with Crippen LogP contribution in [-0.4, -0.2) is 38.3 Å². The van der Waals surface area contributed by atoms with Crippen molar-refractivity contribution in [2.45, 2.75) is 38.6 Å². The van der Waals surface area contributed by atoms with Crippen molar-refractivity contribution in [1.82, 2.24) is 4.90 Å². The number of likely N-dealkylation sites (N-methyl/N-ethyl adjacent to an activating group) is 1. The van der Waals surface area contributed by atoms with Gasteiger partial charge in [0.05, 0.1) is 0 Å². The smallest absolute Gasteiger partial charge is 0.0469 e. The average molecular weight is 290 g/mol. The zero-order chi connectivity index (χ0) is 15.1. The number of hydrogen-bond acceptors (Lipinski definition) is 3. The van der Waals surface area contributed by atoms with Gasteiger partial charge in [0.1, 0.15) is 0 Å². The van der Waals surface area contributed by atoms with Gasteiger partial charge >= 0.3 is 0 Å². The molecule has 1 atom stereocenters. The third kappa shape index (κ3) is 5.42. The van der Waals surface area contributed by atoms with Crippen LogP contribution in [0.25, 0.3) is 0 Å². The van der Waals surface area contributed by atoms with E-state index in [-0.39, 0.29) is 6.04 Å². The summed E-state index contributed by atoms with van der Waals surface area (Å²) in [5.41, 5.74) is 9.01. The predicted octanol–water partition coefficient (Wildman–Crippen LogP) is 3.00. The van der Waals surface area contributed by atoms with Gasteiger partial charge < -0.3 is 15.4 Å². The molecule has 3 nitrogen and oxygen atoms in total. The fourth-order valence-electron chi connectivity index (χ4n) is 3.11. The molecule has 0 radical (unpaired) electrons. The molecule has 2 N–H and O–H groups in total. The molecule has 21 heavy (non-hydrogen) atoms. The lowest BCUT2D eigenvalue weighted by atomic mass is 9.99. The van der Waals surface area contributed by atoms with Crippen LogP contribution in [-0.2, 0) is 11.2 Å². The van der Waals surface area contributed by atoms with Crippen molar-refractivity contribution in [3.8, 4) is 0 Å². The zero-order valence-electron chi connectivity index (χ0n) is 13.6. The molecule has 3 heteroatoms. The molecule has 0 bridgehead atoms. The Labute approximate surface area is 129 Å². The molecular weight excluding hydrogens is 260 g/mol.